The van der Waals surface area contributed by atoms with E-state index in [9.17, 15) is 22.4 Å². The normalized spacial score (nSPS) is 15.9. The van der Waals surface area contributed by atoms with Crippen LogP contribution in [0.3, 0.4) is 0 Å². The molecule has 0 spiro atoms. The smallest absolute Gasteiger partial charge is 0.349 e. The lowest BCUT2D eigenvalue weighted by molar-refractivity contribution is -0.138. The second-order valence-corrected chi connectivity index (χ2v) is 6.90. The Morgan fingerprint density at radius 3 is 2.54 bits per heavy atom. The number of hydrogen-bond acceptors (Lipinski definition) is 2. The van der Waals surface area contributed by atoms with Gasteiger partial charge in [-0.25, -0.2) is 4.98 Å². The van der Waals surface area contributed by atoms with Gasteiger partial charge in [0, 0.05) is 13.1 Å². The molecule has 1 N–H and O–H groups in total. The molecule has 1 aliphatic heterocycles. The predicted molar refractivity (Wildman–Crippen MR) is 95.4 cm³/mol. The maximum absolute atomic E-state index is 13.3. The topological polar surface area (TPSA) is 49.0 Å². The first kappa shape index (κ1) is 18.5. The summed E-state index contributed by atoms with van der Waals surface area (Å²) >= 11 is 0. The van der Waals surface area contributed by atoms with Crippen molar-refractivity contribution in [1.29, 1.82) is 0 Å². The van der Waals surface area contributed by atoms with Crippen LogP contribution in [0.25, 0.3) is 11.0 Å². The molecule has 4 nitrogen and oxygen atoms in total. The minimum Gasteiger partial charge on any atom is -0.349 e. The van der Waals surface area contributed by atoms with Gasteiger partial charge >= 0.3 is 6.18 Å². The van der Waals surface area contributed by atoms with Crippen LogP contribution in [0.4, 0.5) is 17.6 Å². The fourth-order valence-corrected chi connectivity index (χ4v) is 3.77. The summed E-state index contributed by atoms with van der Waals surface area (Å²) in [5.41, 5.74) is 0.884. The van der Waals surface area contributed by atoms with Crippen molar-refractivity contribution in [2.75, 3.05) is 13.1 Å². The highest BCUT2D eigenvalue weighted by Crippen LogP contribution is 2.38. The first-order chi connectivity index (χ1) is 13.3. The summed E-state index contributed by atoms with van der Waals surface area (Å²) in [5, 5.41) is 0. The lowest BCUT2D eigenvalue weighted by Gasteiger charge is -2.33. The molecule has 0 saturated carbocycles. The number of benzene rings is 1. The van der Waals surface area contributed by atoms with Gasteiger partial charge in [-0.05, 0) is 48.6 Å². The van der Waals surface area contributed by atoms with Crippen molar-refractivity contribution in [3.8, 4) is 0 Å². The van der Waals surface area contributed by atoms with Crippen molar-refractivity contribution < 1.29 is 22.4 Å². The van der Waals surface area contributed by atoms with E-state index in [1.165, 1.54) is 30.3 Å². The Bertz CT molecular complexity index is 1020. The molecular formula is C20H17F4N3O. The number of piperidine rings is 1. The molecule has 0 unspecified atom stereocenters. The summed E-state index contributed by atoms with van der Waals surface area (Å²) in [6.45, 7) is 0.708. The first-order valence-corrected chi connectivity index (χ1v) is 8.93. The maximum Gasteiger partial charge on any atom is 0.416 e. The predicted octanol–water partition coefficient (Wildman–Crippen LogP) is 4.74. The highest BCUT2D eigenvalue weighted by molar-refractivity contribution is 5.97. The van der Waals surface area contributed by atoms with Crippen LogP contribution in [0.5, 0.6) is 0 Å². The summed E-state index contributed by atoms with van der Waals surface area (Å²) in [6.07, 6.45) is -3.49. The Balaban J connectivity index is 1.49. The highest BCUT2D eigenvalue weighted by Gasteiger charge is 2.36. The molecule has 28 heavy (non-hydrogen) atoms. The molecule has 1 aliphatic rings. The van der Waals surface area contributed by atoms with Crippen LogP contribution in [0, 0.1) is 5.95 Å². The second kappa shape index (κ2) is 6.92. The summed E-state index contributed by atoms with van der Waals surface area (Å²) in [4.78, 5) is 21.0. The molecule has 1 saturated heterocycles. The minimum absolute atomic E-state index is 0.250. The van der Waals surface area contributed by atoms with Crippen molar-refractivity contribution in [2.45, 2.75) is 24.9 Å². The van der Waals surface area contributed by atoms with Crippen LogP contribution in [-0.4, -0.2) is 33.9 Å². The molecule has 1 fully saturated rings. The molecule has 1 amide bonds. The van der Waals surface area contributed by atoms with E-state index in [0.29, 0.717) is 42.7 Å². The van der Waals surface area contributed by atoms with Crippen LogP contribution in [-0.2, 0) is 6.18 Å². The number of aromatic nitrogens is 2. The van der Waals surface area contributed by atoms with Gasteiger partial charge in [0.1, 0.15) is 5.69 Å². The Labute approximate surface area is 158 Å². The largest absolute Gasteiger partial charge is 0.416 e. The number of carbonyl (C=O) groups is 1. The van der Waals surface area contributed by atoms with Crippen LogP contribution in [0.15, 0.2) is 42.5 Å². The van der Waals surface area contributed by atoms with E-state index in [2.05, 4.69) is 9.97 Å². The van der Waals surface area contributed by atoms with Crippen LogP contribution in [0.1, 0.15) is 40.4 Å². The number of carbonyl (C=O) groups excluding carboxylic acids is 1. The molecule has 2 aromatic heterocycles. The van der Waals surface area contributed by atoms with E-state index in [4.69, 9.17) is 0 Å². The fourth-order valence-electron chi connectivity index (χ4n) is 3.77. The Morgan fingerprint density at radius 2 is 1.82 bits per heavy atom. The third-order valence-corrected chi connectivity index (χ3v) is 5.16. The molecule has 3 heterocycles. The molecule has 3 aromatic rings. The summed E-state index contributed by atoms with van der Waals surface area (Å²) in [6, 6.07) is 9.82. The van der Waals surface area contributed by atoms with E-state index in [-0.39, 0.29) is 17.4 Å². The second-order valence-electron chi connectivity index (χ2n) is 6.90. The van der Waals surface area contributed by atoms with Gasteiger partial charge in [0.25, 0.3) is 5.91 Å². The lowest BCUT2D eigenvalue weighted by atomic mass is 9.86. The number of fused-ring (bicyclic) bond motifs is 1. The third-order valence-electron chi connectivity index (χ3n) is 5.16. The SMILES string of the molecule is O=C(c1cc2nc(F)ccc2[nH]1)N1CCC(c2ccccc2C(F)(F)F)CC1. The first-order valence-electron chi connectivity index (χ1n) is 8.93. The molecule has 146 valence electrons. The summed E-state index contributed by atoms with van der Waals surface area (Å²) in [7, 11) is 0. The molecule has 1 aromatic carbocycles. The number of amides is 1. The van der Waals surface area contributed by atoms with E-state index < -0.39 is 17.7 Å². The molecule has 0 bridgehead atoms. The van der Waals surface area contributed by atoms with E-state index in [1.54, 1.807) is 11.0 Å². The van der Waals surface area contributed by atoms with Crippen LogP contribution < -0.4 is 0 Å². The van der Waals surface area contributed by atoms with E-state index in [1.807, 2.05) is 0 Å². The van der Waals surface area contributed by atoms with E-state index in [0.717, 1.165) is 6.07 Å². The number of nitrogens with one attached hydrogen (secondary N) is 1. The van der Waals surface area contributed by atoms with Gasteiger partial charge in [0.05, 0.1) is 16.6 Å². The van der Waals surface area contributed by atoms with Crippen molar-refractivity contribution in [1.82, 2.24) is 14.9 Å². The number of aromatic amines is 1. The van der Waals surface area contributed by atoms with Crippen molar-refractivity contribution in [2.24, 2.45) is 0 Å². The van der Waals surface area contributed by atoms with Gasteiger partial charge in [0.15, 0.2) is 0 Å². The van der Waals surface area contributed by atoms with Gasteiger partial charge < -0.3 is 9.88 Å². The van der Waals surface area contributed by atoms with Gasteiger partial charge in [-0.1, -0.05) is 18.2 Å². The monoisotopic (exact) mass is 391 g/mol. The summed E-state index contributed by atoms with van der Waals surface area (Å²) < 4.78 is 53.0. The van der Waals surface area contributed by atoms with Gasteiger partial charge in [-0.15, -0.1) is 0 Å². The number of likely N-dealkylation sites (tertiary alicyclic amines) is 1. The van der Waals surface area contributed by atoms with Gasteiger partial charge in [-0.3, -0.25) is 4.79 Å². The summed E-state index contributed by atoms with van der Waals surface area (Å²) in [5.74, 6) is -1.14. The quantitative estimate of drug-likeness (QED) is 0.507. The zero-order valence-corrected chi connectivity index (χ0v) is 14.8. The number of halogens is 4. The van der Waals surface area contributed by atoms with Crippen molar-refractivity contribution in [3.05, 3.63) is 65.2 Å². The number of hydrogen-bond donors (Lipinski definition) is 1. The average molecular weight is 391 g/mol. The number of pyridine rings is 1. The van der Waals surface area contributed by atoms with Crippen molar-refractivity contribution >= 4 is 16.9 Å². The Kier molecular flexibility index (Phi) is 4.56. The molecule has 0 atom stereocenters. The Hall–Kier alpha value is -2.90. The van der Waals surface area contributed by atoms with Crippen molar-refractivity contribution in [3.63, 3.8) is 0 Å². The Morgan fingerprint density at radius 1 is 1.11 bits per heavy atom. The lowest BCUT2D eigenvalue weighted by Crippen LogP contribution is -2.38. The van der Waals surface area contributed by atoms with E-state index >= 15 is 0 Å². The number of H-pyrrole nitrogens is 1. The van der Waals surface area contributed by atoms with Gasteiger partial charge in [-0.2, -0.15) is 17.6 Å². The molecule has 0 radical (unpaired) electrons. The average Bonchev–Trinajstić information content (AvgIpc) is 3.10. The number of alkyl halides is 3. The molecular weight excluding hydrogens is 374 g/mol. The van der Waals surface area contributed by atoms with Gasteiger partial charge in [0.2, 0.25) is 5.95 Å². The molecule has 8 heteroatoms. The van der Waals surface area contributed by atoms with Crippen LogP contribution >= 0.6 is 0 Å². The highest BCUT2D eigenvalue weighted by atomic mass is 19.4. The maximum atomic E-state index is 13.3. The standard InChI is InChI=1S/C20H17F4N3O/c21-18-6-5-15-16(26-18)11-17(25-15)19(28)27-9-7-12(8-10-27)13-3-1-2-4-14(13)20(22,23)24/h1-6,11-12,25H,7-10H2. The number of nitrogens with zero attached hydrogens (tertiary/aromatic N) is 2. The number of rotatable bonds is 2. The third kappa shape index (κ3) is 3.46. The zero-order valence-electron chi connectivity index (χ0n) is 14.8. The zero-order chi connectivity index (χ0) is 19.9. The fraction of sp³-hybridized carbons (Fsp3) is 0.300. The minimum atomic E-state index is -4.39. The molecule has 4 rings (SSSR count). The molecule has 0 aliphatic carbocycles. The van der Waals surface area contributed by atoms with Crippen LogP contribution in [0.2, 0.25) is 0 Å².